The van der Waals surface area contributed by atoms with Crippen LogP contribution in [0.1, 0.15) is 52.2 Å². The van der Waals surface area contributed by atoms with Gasteiger partial charge in [0.2, 0.25) is 5.91 Å². The van der Waals surface area contributed by atoms with Gasteiger partial charge >= 0.3 is 6.03 Å². The molecule has 0 saturated carbocycles. The van der Waals surface area contributed by atoms with Gasteiger partial charge in [-0.05, 0) is 26.0 Å². The van der Waals surface area contributed by atoms with E-state index in [-0.39, 0.29) is 29.3 Å². The Balaban J connectivity index is 1.85. The molecule has 1 aliphatic rings. The molecule has 3 atom stereocenters. The van der Waals surface area contributed by atoms with E-state index in [1.165, 1.54) is 0 Å². The smallest absolute Gasteiger partial charge is 0.322 e. The molecule has 8 heteroatoms. The van der Waals surface area contributed by atoms with E-state index in [2.05, 4.69) is 26.4 Å². The Labute approximate surface area is 171 Å². The first-order valence-electron chi connectivity index (χ1n) is 9.86. The summed E-state index contributed by atoms with van der Waals surface area (Å²) in [7, 11) is 0. The molecule has 1 aromatic heterocycles. The number of hydrogen-bond acceptors (Lipinski definition) is 4. The second kappa shape index (κ2) is 7.87. The summed E-state index contributed by atoms with van der Waals surface area (Å²) in [4.78, 5) is 24.9. The summed E-state index contributed by atoms with van der Waals surface area (Å²) in [5, 5.41) is 16.6. The van der Waals surface area contributed by atoms with Gasteiger partial charge in [0.05, 0.1) is 11.6 Å². The fourth-order valence-corrected chi connectivity index (χ4v) is 3.03. The van der Waals surface area contributed by atoms with Crippen molar-refractivity contribution >= 4 is 23.4 Å². The van der Waals surface area contributed by atoms with Crippen LogP contribution in [0.5, 0.6) is 0 Å². The van der Waals surface area contributed by atoms with Gasteiger partial charge in [0.25, 0.3) is 0 Å². The van der Waals surface area contributed by atoms with Crippen LogP contribution in [0.3, 0.4) is 0 Å². The van der Waals surface area contributed by atoms with Crippen LogP contribution < -0.4 is 21.3 Å². The molecule has 0 bridgehead atoms. The summed E-state index contributed by atoms with van der Waals surface area (Å²) in [5.41, 5.74) is 2.41. The number of nitrogens with zero attached hydrogens (tertiary/aromatic N) is 2. The number of hydrogen-bond donors (Lipinski definition) is 4. The highest BCUT2D eigenvalue weighted by Gasteiger charge is 2.33. The maximum Gasteiger partial charge on any atom is 0.324 e. The molecule has 3 unspecified atom stereocenters. The minimum absolute atomic E-state index is 0.0229. The van der Waals surface area contributed by atoms with E-state index in [9.17, 15) is 9.59 Å². The van der Waals surface area contributed by atoms with Crippen LogP contribution in [-0.4, -0.2) is 27.8 Å². The van der Waals surface area contributed by atoms with Gasteiger partial charge in [-0.2, -0.15) is 5.10 Å². The third-order valence-corrected chi connectivity index (χ3v) is 5.16. The van der Waals surface area contributed by atoms with Gasteiger partial charge in [0.15, 0.2) is 6.29 Å². The molecule has 2 aromatic rings. The van der Waals surface area contributed by atoms with Crippen LogP contribution in [0.4, 0.5) is 16.3 Å². The number of carbonyl (C=O) groups excluding carboxylic acids is 2. The maximum atomic E-state index is 12.6. The molecule has 1 saturated heterocycles. The van der Waals surface area contributed by atoms with Crippen LogP contribution in [0.2, 0.25) is 0 Å². The average Bonchev–Trinajstić information content (AvgIpc) is 3.05. The van der Waals surface area contributed by atoms with Gasteiger partial charge in [0.1, 0.15) is 5.82 Å². The molecule has 1 aromatic carbocycles. The molecule has 0 radical (unpaired) electrons. The molecule has 2 heterocycles. The summed E-state index contributed by atoms with van der Waals surface area (Å²) in [6, 6.07) is 9.00. The zero-order valence-corrected chi connectivity index (χ0v) is 17.8. The van der Waals surface area contributed by atoms with Crippen LogP contribution >= 0.6 is 0 Å². The normalized spacial score (nSPS) is 22.1. The fraction of sp³-hybridized carbons (Fsp3) is 0.476. The first kappa shape index (κ1) is 20.9. The van der Waals surface area contributed by atoms with Gasteiger partial charge in [-0.1, -0.05) is 45.4 Å². The Kier molecular flexibility index (Phi) is 5.66. The standard InChI is InChI=1S/C21H30N6O2/c1-12-7-9-15(10-8-12)23-20(29)24-17-11-16(21(4,5)6)26-27(17)19-22-14(3)13(2)18(28)25-19/h7-11,13-14,19,22H,1-6H3,(H,25,28)(H2,23,24,29). The third-order valence-electron chi connectivity index (χ3n) is 5.16. The van der Waals surface area contributed by atoms with E-state index in [1.54, 1.807) is 4.68 Å². The SMILES string of the molecule is Cc1ccc(NC(=O)Nc2cc(C(C)(C)C)nn2C2NC(=O)C(C)C(C)N2)cc1. The lowest BCUT2D eigenvalue weighted by Gasteiger charge is -2.34. The number of nitrogens with one attached hydrogen (secondary N) is 4. The van der Waals surface area contributed by atoms with E-state index >= 15 is 0 Å². The first-order chi connectivity index (χ1) is 13.5. The molecule has 0 aliphatic carbocycles. The van der Waals surface area contributed by atoms with Crippen molar-refractivity contribution in [2.24, 2.45) is 5.92 Å². The molecule has 8 nitrogen and oxygen atoms in total. The number of carbonyl (C=O) groups is 2. The lowest BCUT2D eigenvalue weighted by atomic mass is 9.92. The van der Waals surface area contributed by atoms with Crippen LogP contribution in [0.15, 0.2) is 30.3 Å². The molecule has 29 heavy (non-hydrogen) atoms. The quantitative estimate of drug-likeness (QED) is 0.637. The average molecular weight is 399 g/mol. The number of anilines is 2. The summed E-state index contributed by atoms with van der Waals surface area (Å²) in [5.74, 6) is 0.299. The van der Waals surface area contributed by atoms with Gasteiger partial charge < -0.3 is 10.6 Å². The highest BCUT2D eigenvalue weighted by molar-refractivity contribution is 5.99. The Morgan fingerprint density at radius 1 is 1.14 bits per heavy atom. The van der Waals surface area contributed by atoms with E-state index in [4.69, 9.17) is 0 Å². The Bertz CT molecular complexity index is 897. The van der Waals surface area contributed by atoms with E-state index < -0.39 is 6.29 Å². The van der Waals surface area contributed by atoms with Crippen LogP contribution in [-0.2, 0) is 10.2 Å². The first-order valence-corrected chi connectivity index (χ1v) is 9.86. The minimum Gasteiger partial charge on any atom is -0.322 e. The molecule has 4 N–H and O–H groups in total. The second-order valence-electron chi connectivity index (χ2n) is 8.71. The number of amides is 3. The van der Waals surface area contributed by atoms with E-state index in [0.717, 1.165) is 11.3 Å². The maximum absolute atomic E-state index is 12.6. The fourth-order valence-electron chi connectivity index (χ4n) is 3.03. The minimum atomic E-state index is -0.542. The van der Waals surface area contributed by atoms with Crippen LogP contribution in [0.25, 0.3) is 0 Å². The topological polar surface area (TPSA) is 100 Å². The van der Waals surface area contributed by atoms with E-state index in [1.807, 2.05) is 71.9 Å². The molecule has 156 valence electrons. The van der Waals surface area contributed by atoms with Crippen molar-refractivity contribution in [3.8, 4) is 0 Å². The molecule has 3 rings (SSSR count). The van der Waals surface area contributed by atoms with Gasteiger partial charge in [-0.15, -0.1) is 0 Å². The third kappa shape index (κ3) is 4.76. The molecular weight excluding hydrogens is 368 g/mol. The summed E-state index contributed by atoms with van der Waals surface area (Å²) >= 11 is 0. The van der Waals surface area contributed by atoms with Crippen molar-refractivity contribution in [3.63, 3.8) is 0 Å². The second-order valence-corrected chi connectivity index (χ2v) is 8.71. The zero-order valence-electron chi connectivity index (χ0n) is 17.8. The lowest BCUT2D eigenvalue weighted by molar-refractivity contribution is -0.130. The van der Waals surface area contributed by atoms with E-state index in [0.29, 0.717) is 11.5 Å². The van der Waals surface area contributed by atoms with Crippen molar-refractivity contribution in [1.82, 2.24) is 20.4 Å². The van der Waals surface area contributed by atoms with Crippen molar-refractivity contribution in [2.75, 3.05) is 10.6 Å². The Hall–Kier alpha value is -2.87. The largest absolute Gasteiger partial charge is 0.324 e. The monoisotopic (exact) mass is 398 g/mol. The molecular formula is C21H30N6O2. The lowest BCUT2D eigenvalue weighted by Crippen LogP contribution is -2.57. The summed E-state index contributed by atoms with van der Waals surface area (Å²) in [6.07, 6.45) is -0.542. The predicted octanol–water partition coefficient (Wildman–Crippen LogP) is 3.33. The number of rotatable bonds is 3. The number of aromatic nitrogens is 2. The van der Waals surface area contributed by atoms with Crippen molar-refractivity contribution in [1.29, 1.82) is 0 Å². The van der Waals surface area contributed by atoms with Crippen LogP contribution in [0, 0.1) is 12.8 Å². The molecule has 1 aliphatic heterocycles. The van der Waals surface area contributed by atoms with Crippen molar-refractivity contribution in [2.45, 2.75) is 59.3 Å². The molecule has 0 spiro atoms. The van der Waals surface area contributed by atoms with Gasteiger partial charge in [0, 0.05) is 23.2 Å². The Morgan fingerprint density at radius 2 is 1.79 bits per heavy atom. The summed E-state index contributed by atoms with van der Waals surface area (Å²) < 4.78 is 1.62. The number of benzene rings is 1. The Morgan fingerprint density at radius 3 is 2.38 bits per heavy atom. The van der Waals surface area contributed by atoms with Crippen molar-refractivity contribution < 1.29 is 9.59 Å². The highest BCUT2D eigenvalue weighted by Crippen LogP contribution is 2.27. The van der Waals surface area contributed by atoms with Crippen molar-refractivity contribution in [3.05, 3.63) is 41.6 Å². The van der Waals surface area contributed by atoms with Gasteiger partial charge in [-0.25, -0.2) is 9.48 Å². The summed E-state index contributed by atoms with van der Waals surface area (Å²) in [6.45, 7) is 12.0. The predicted molar refractivity (Wildman–Crippen MR) is 114 cm³/mol. The number of urea groups is 1. The van der Waals surface area contributed by atoms with Gasteiger partial charge in [-0.3, -0.25) is 15.4 Å². The highest BCUT2D eigenvalue weighted by atomic mass is 16.2. The molecule has 3 amide bonds. The molecule has 1 fully saturated rings. The number of aryl methyl sites for hydroxylation is 1. The zero-order chi connectivity index (χ0) is 21.3.